The van der Waals surface area contributed by atoms with Crippen molar-refractivity contribution < 1.29 is 18.3 Å². The number of rotatable bonds is 6. The van der Waals surface area contributed by atoms with E-state index < -0.39 is 23.2 Å². The first-order chi connectivity index (χ1) is 18.5. The third-order valence-electron chi connectivity index (χ3n) is 6.88. The van der Waals surface area contributed by atoms with Gasteiger partial charge in [0.1, 0.15) is 23.8 Å². The van der Waals surface area contributed by atoms with Crippen molar-refractivity contribution in [2.24, 2.45) is 0 Å². The monoisotopic (exact) mass is 505 g/mol. The predicted octanol–water partition coefficient (Wildman–Crippen LogP) is 6.82. The van der Waals surface area contributed by atoms with Crippen LogP contribution in [-0.4, -0.2) is 5.91 Å². The van der Waals surface area contributed by atoms with Crippen molar-refractivity contribution in [1.82, 2.24) is 0 Å². The highest BCUT2D eigenvalue weighted by Gasteiger charge is 2.43. The first-order valence-corrected chi connectivity index (χ1v) is 12.5. The number of aryl methyl sites for hydroxylation is 1. The lowest BCUT2D eigenvalue weighted by molar-refractivity contribution is 0.0971. The Bertz CT molecular complexity index is 1710. The van der Waals surface area contributed by atoms with Crippen LogP contribution < -0.4 is 15.1 Å². The highest BCUT2D eigenvalue weighted by molar-refractivity contribution is 6.10. The summed E-state index contributed by atoms with van der Waals surface area (Å²) in [7, 11) is 0. The first kappa shape index (κ1) is 23.7. The van der Waals surface area contributed by atoms with E-state index in [1.807, 2.05) is 78.9 Å². The number of hydrogen-bond acceptors (Lipinski definition) is 4. The van der Waals surface area contributed by atoms with E-state index in [2.05, 4.69) is 6.92 Å². The van der Waals surface area contributed by atoms with Gasteiger partial charge >= 0.3 is 0 Å². The second-order valence-corrected chi connectivity index (χ2v) is 9.26. The molecule has 0 bridgehead atoms. The number of carbonyl (C=O) groups excluding carboxylic acids is 1. The van der Waals surface area contributed by atoms with Crippen molar-refractivity contribution in [3.63, 3.8) is 0 Å². The average Bonchev–Trinajstić information content (AvgIpc) is 3.25. The molecule has 0 N–H and O–H groups in total. The molecule has 0 fully saturated rings. The Balaban J connectivity index is 1.49. The Labute approximate surface area is 218 Å². The van der Waals surface area contributed by atoms with Crippen molar-refractivity contribution >= 4 is 22.6 Å². The van der Waals surface area contributed by atoms with Gasteiger partial charge in [-0.05, 0) is 65.6 Å². The van der Waals surface area contributed by atoms with Gasteiger partial charge in [-0.2, -0.15) is 0 Å². The molecule has 4 aromatic carbocycles. The first-order valence-electron chi connectivity index (χ1n) is 12.5. The van der Waals surface area contributed by atoms with Gasteiger partial charge in [-0.1, -0.05) is 61.5 Å². The fraction of sp³-hybridized carbons (Fsp3) is 0.125. The molecule has 5 aromatic rings. The summed E-state index contributed by atoms with van der Waals surface area (Å²) in [6.45, 7) is 2.43. The van der Waals surface area contributed by atoms with Gasteiger partial charge < -0.3 is 9.15 Å². The summed E-state index contributed by atoms with van der Waals surface area (Å²) in [5.41, 5.74) is 3.40. The van der Waals surface area contributed by atoms with Crippen molar-refractivity contribution in [2.45, 2.75) is 26.0 Å². The van der Waals surface area contributed by atoms with E-state index in [0.29, 0.717) is 23.6 Å². The molecule has 0 saturated carbocycles. The van der Waals surface area contributed by atoms with Crippen LogP contribution in [0.25, 0.3) is 11.0 Å². The number of ether oxygens (including phenoxy) is 1. The Hall–Kier alpha value is -4.71. The van der Waals surface area contributed by atoms with E-state index in [1.54, 1.807) is 4.90 Å². The predicted molar refractivity (Wildman–Crippen MR) is 144 cm³/mol. The minimum absolute atomic E-state index is 0.0331. The number of fused-ring (bicyclic) bond motifs is 2. The van der Waals surface area contributed by atoms with Gasteiger partial charge in [0.05, 0.1) is 17.0 Å². The summed E-state index contributed by atoms with van der Waals surface area (Å²) in [5.74, 6) is -0.402. The summed E-state index contributed by atoms with van der Waals surface area (Å²) < 4.78 is 26.1. The van der Waals surface area contributed by atoms with Crippen LogP contribution in [0.1, 0.15) is 45.8 Å². The second kappa shape index (κ2) is 9.63. The van der Waals surface area contributed by atoms with Gasteiger partial charge in [-0.25, -0.2) is 4.39 Å². The molecule has 6 heteroatoms. The maximum atomic E-state index is 14.1. The van der Waals surface area contributed by atoms with E-state index in [1.165, 1.54) is 12.1 Å². The van der Waals surface area contributed by atoms with Crippen LogP contribution in [0, 0.1) is 5.82 Å². The molecule has 1 unspecified atom stereocenters. The molecular formula is C32H24FNO4. The maximum Gasteiger partial charge on any atom is 0.295 e. The van der Waals surface area contributed by atoms with Crippen LogP contribution in [0.3, 0.4) is 0 Å². The lowest BCUT2D eigenvalue weighted by atomic mass is 9.98. The number of carbonyl (C=O) groups is 1. The van der Waals surface area contributed by atoms with Crippen LogP contribution >= 0.6 is 0 Å². The number of hydrogen-bond donors (Lipinski definition) is 0. The maximum absolute atomic E-state index is 14.1. The standard InChI is InChI=1S/C32H24FNO4/c1-2-20-11-14-24(15-12-20)34-29(22-9-6-10-25(17-22)37-19-21-7-4-3-5-8-21)28-30(35)26-18-23(33)13-16-27(26)38-31(28)32(34)36/h3-18,29H,2,19H2,1H3. The van der Waals surface area contributed by atoms with Gasteiger partial charge in [0.25, 0.3) is 5.91 Å². The highest BCUT2D eigenvalue weighted by Crippen LogP contribution is 2.42. The summed E-state index contributed by atoms with van der Waals surface area (Å²) in [6, 6.07) is 27.8. The second-order valence-electron chi connectivity index (χ2n) is 9.26. The summed E-state index contributed by atoms with van der Waals surface area (Å²) in [5, 5.41) is 0.0983. The van der Waals surface area contributed by atoms with E-state index in [9.17, 15) is 14.0 Å². The van der Waals surface area contributed by atoms with Crippen molar-refractivity contribution in [3.8, 4) is 5.75 Å². The van der Waals surface area contributed by atoms with Crippen molar-refractivity contribution in [3.05, 3.63) is 141 Å². The number of amides is 1. The Kier molecular flexibility index (Phi) is 6.00. The molecule has 0 aliphatic carbocycles. The lowest BCUT2D eigenvalue weighted by Crippen LogP contribution is -2.29. The van der Waals surface area contributed by atoms with Crippen molar-refractivity contribution in [1.29, 1.82) is 0 Å². The van der Waals surface area contributed by atoms with Gasteiger partial charge in [0, 0.05) is 5.69 Å². The van der Waals surface area contributed by atoms with Gasteiger partial charge in [-0.15, -0.1) is 0 Å². The lowest BCUT2D eigenvalue weighted by Gasteiger charge is -2.25. The van der Waals surface area contributed by atoms with Crippen LogP contribution in [0.4, 0.5) is 10.1 Å². The van der Waals surface area contributed by atoms with E-state index in [0.717, 1.165) is 23.6 Å². The van der Waals surface area contributed by atoms with Gasteiger partial charge in [0.15, 0.2) is 5.43 Å². The average molecular weight is 506 g/mol. The van der Waals surface area contributed by atoms with Gasteiger partial charge in [-0.3, -0.25) is 14.5 Å². The molecule has 188 valence electrons. The quantitative estimate of drug-likeness (QED) is 0.254. The zero-order chi connectivity index (χ0) is 26.2. The molecule has 1 atom stereocenters. The summed E-state index contributed by atoms with van der Waals surface area (Å²) in [4.78, 5) is 29.1. The van der Waals surface area contributed by atoms with E-state index >= 15 is 0 Å². The zero-order valence-electron chi connectivity index (χ0n) is 20.7. The third kappa shape index (κ3) is 4.14. The minimum Gasteiger partial charge on any atom is -0.489 e. The molecular weight excluding hydrogens is 481 g/mol. The molecule has 6 rings (SSSR count). The fourth-order valence-electron chi connectivity index (χ4n) is 4.93. The molecule has 1 amide bonds. The fourth-order valence-corrected chi connectivity index (χ4v) is 4.93. The SMILES string of the molecule is CCc1ccc(N2C(=O)c3oc4ccc(F)cc4c(=O)c3C2c2cccc(OCc3ccccc3)c2)cc1. The molecule has 2 heterocycles. The zero-order valence-corrected chi connectivity index (χ0v) is 20.7. The summed E-state index contributed by atoms with van der Waals surface area (Å²) in [6.07, 6.45) is 0.857. The Morgan fingerprint density at radius 3 is 2.42 bits per heavy atom. The highest BCUT2D eigenvalue weighted by atomic mass is 19.1. The van der Waals surface area contributed by atoms with Crippen LogP contribution in [0.15, 0.2) is 106 Å². The molecule has 5 nitrogen and oxygen atoms in total. The third-order valence-corrected chi connectivity index (χ3v) is 6.88. The number of anilines is 1. The van der Waals surface area contributed by atoms with Crippen LogP contribution in [0.5, 0.6) is 5.75 Å². The number of halogens is 1. The molecule has 0 saturated heterocycles. The largest absolute Gasteiger partial charge is 0.489 e. The van der Waals surface area contributed by atoms with Gasteiger partial charge in [0.2, 0.25) is 5.76 Å². The Morgan fingerprint density at radius 1 is 0.868 bits per heavy atom. The normalized spacial score (nSPS) is 14.6. The molecule has 0 spiro atoms. The smallest absolute Gasteiger partial charge is 0.295 e. The molecule has 0 radical (unpaired) electrons. The van der Waals surface area contributed by atoms with Crippen molar-refractivity contribution in [2.75, 3.05) is 4.90 Å². The molecule has 1 aliphatic rings. The minimum atomic E-state index is -0.769. The molecule has 1 aromatic heterocycles. The van der Waals surface area contributed by atoms with E-state index in [4.69, 9.17) is 9.15 Å². The number of nitrogens with zero attached hydrogens (tertiary/aromatic N) is 1. The van der Waals surface area contributed by atoms with E-state index in [-0.39, 0.29) is 22.3 Å². The molecule has 38 heavy (non-hydrogen) atoms. The topological polar surface area (TPSA) is 59.8 Å². The Morgan fingerprint density at radius 2 is 1.66 bits per heavy atom. The van der Waals surface area contributed by atoms with Crippen LogP contribution in [0.2, 0.25) is 0 Å². The summed E-state index contributed by atoms with van der Waals surface area (Å²) >= 11 is 0. The number of benzene rings is 4. The molecule has 1 aliphatic heterocycles. The van der Waals surface area contributed by atoms with Crippen LogP contribution in [-0.2, 0) is 13.0 Å².